The largest absolute Gasteiger partial charge is 0.356 e. The van der Waals surface area contributed by atoms with Gasteiger partial charge in [0.2, 0.25) is 0 Å². The molecule has 0 spiro atoms. The maximum absolute atomic E-state index is 13.1. The van der Waals surface area contributed by atoms with Crippen LogP contribution in [0.1, 0.15) is 36.5 Å². The highest BCUT2D eigenvalue weighted by Gasteiger charge is 2.20. The normalized spacial score (nSPS) is 15.4. The van der Waals surface area contributed by atoms with Gasteiger partial charge >= 0.3 is 0 Å². The van der Waals surface area contributed by atoms with E-state index in [1.807, 2.05) is 42.4 Å². The van der Waals surface area contributed by atoms with E-state index in [1.54, 1.807) is 0 Å². The van der Waals surface area contributed by atoms with Gasteiger partial charge in [-0.15, -0.1) is 34.2 Å². The average molecular weight is 576 g/mol. The molecule has 2 heterocycles. The molecule has 7 nitrogen and oxygen atoms in total. The van der Waals surface area contributed by atoms with Crippen molar-refractivity contribution in [2.45, 2.75) is 45.3 Å². The molecule has 1 saturated heterocycles. The zero-order chi connectivity index (χ0) is 22.1. The number of rotatable bonds is 9. The molecule has 10 heteroatoms. The minimum atomic E-state index is -0.181. The Morgan fingerprint density at radius 1 is 1.22 bits per heavy atom. The Morgan fingerprint density at radius 2 is 1.94 bits per heavy atom. The molecule has 1 fully saturated rings. The molecule has 1 aromatic carbocycles. The number of nitrogens with zero attached hydrogens (tertiary/aromatic N) is 5. The van der Waals surface area contributed by atoms with Gasteiger partial charge in [-0.3, -0.25) is 4.90 Å². The van der Waals surface area contributed by atoms with Gasteiger partial charge in [0.25, 0.3) is 0 Å². The first-order chi connectivity index (χ1) is 15.0. The zero-order valence-electron chi connectivity index (χ0n) is 19.2. The van der Waals surface area contributed by atoms with E-state index in [9.17, 15) is 4.39 Å². The number of piperidine rings is 1. The van der Waals surface area contributed by atoms with Crippen LogP contribution in [0.3, 0.4) is 0 Å². The second kappa shape index (κ2) is 14.0. The molecule has 1 aliphatic rings. The summed E-state index contributed by atoms with van der Waals surface area (Å²) < 4.78 is 15.1. The van der Waals surface area contributed by atoms with E-state index in [-0.39, 0.29) is 29.8 Å². The van der Waals surface area contributed by atoms with Crippen LogP contribution in [-0.2, 0) is 20.1 Å². The fourth-order valence-corrected chi connectivity index (χ4v) is 4.02. The zero-order valence-corrected chi connectivity index (χ0v) is 22.3. The van der Waals surface area contributed by atoms with Crippen LogP contribution in [0.4, 0.5) is 4.39 Å². The second-order valence-electron chi connectivity index (χ2n) is 7.98. The Bertz CT molecular complexity index is 835. The van der Waals surface area contributed by atoms with Crippen LogP contribution < -0.4 is 10.6 Å². The Hall–Kier alpha value is -1.40. The molecule has 3 rings (SSSR count). The number of hydrogen-bond donors (Lipinski definition) is 2. The van der Waals surface area contributed by atoms with Gasteiger partial charge in [-0.05, 0) is 55.9 Å². The number of likely N-dealkylation sites (tertiary alicyclic amines) is 1. The lowest BCUT2D eigenvalue weighted by atomic mass is 10.0. The summed E-state index contributed by atoms with van der Waals surface area (Å²) in [6.45, 7) is 6.23. The minimum Gasteiger partial charge on any atom is -0.356 e. The molecule has 0 atom stereocenters. The van der Waals surface area contributed by atoms with E-state index in [0.29, 0.717) is 12.6 Å². The highest BCUT2D eigenvalue weighted by Crippen LogP contribution is 2.14. The lowest BCUT2D eigenvalue weighted by molar-refractivity contribution is 0.198. The second-order valence-corrected chi connectivity index (χ2v) is 8.97. The lowest BCUT2D eigenvalue weighted by Crippen LogP contribution is -2.48. The third-order valence-corrected chi connectivity index (χ3v) is 6.32. The quantitative estimate of drug-likeness (QED) is 0.207. The van der Waals surface area contributed by atoms with E-state index in [2.05, 4.69) is 32.0 Å². The highest BCUT2D eigenvalue weighted by atomic mass is 127. The summed E-state index contributed by atoms with van der Waals surface area (Å²) in [7, 11) is 1.97. The summed E-state index contributed by atoms with van der Waals surface area (Å²) in [5.74, 6) is 3.54. The van der Waals surface area contributed by atoms with Crippen LogP contribution in [0, 0.1) is 12.7 Å². The SMILES string of the molecule is CSCCCNC(=NCc1nnc(C)n1C)NC1CCN(Cc2ccc(F)cc2)CC1.I. The maximum Gasteiger partial charge on any atom is 0.191 e. The molecule has 0 bridgehead atoms. The summed E-state index contributed by atoms with van der Waals surface area (Å²) in [5.41, 5.74) is 1.16. The van der Waals surface area contributed by atoms with Crippen molar-refractivity contribution < 1.29 is 4.39 Å². The fourth-order valence-electron chi connectivity index (χ4n) is 3.59. The van der Waals surface area contributed by atoms with Gasteiger partial charge in [-0.1, -0.05) is 12.1 Å². The van der Waals surface area contributed by atoms with Crippen LogP contribution >= 0.6 is 35.7 Å². The van der Waals surface area contributed by atoms with Crippen LogP contribution in [0.25, 0.3) is 0 Å². The minimum absolute atomic E-state index is 0. The molecule has 0 radical (unpaired) electrons. The number of aliphatic imine (C=N–C) groups is 1. The van der Waals surface area contributed by atoms with Crippen molar-refractivity contribution in [2.75, 3.05) is 31.6 Å². The molecule has 0 unspecified atom stereocenters. The number of aryl methyl sites for hydroxylation is 1. The smallest absolute Gasteiger partial charge is 0.191 e. The van der Waals surface area contributed by atoms with E-state index in [0.717, 1.165) is 74.4 Å². The molecule has 1 aliphatic heterocycles. The number of aromatic nitrogens is 3. The molecule has 0 amide bonds. The highest BCUT2D eigenvalue weighted by molar-refractivity contribution is 14.0. The Balaban J connectivity index is 0.00000363. The van der Waals surface area contributed by atoms with Crippen molar-refractivity contribution in [1.29, 1.82) is 0 Å². The van der Waals surface area contributed by atoms with Crippen molar-refractivity contribution in [3.8, 4) is 0 Å². The van der Waals surface area contributed by atoms with Gasteiger partial charge in [0.05, 0.1) is 0 Å². The van der Waals surface area contributed by atoms with Gasteiger partial charge in [-0.2, -0.15) is 11.8 Å². The van der Waals surface area contributed by atoms with Crippen molar-refractivity contribution in [1.82, 2.24) is 30.3 Å². The molecule has 1 aromatic heterocycles. The van der Waals surface area contributed by atoms with Crippen molar-refractivity contribution in [2.24, 2.45) is 12.0 Å². The molecule has 2 N–H and O–H groups in total. The van der Waals surface area contributed by atoms with Crippen LogP contribution in [0.5, 0.6) is 0 Å². The Kier molecular flexibility index (Phi) is 11.7. The lowest BCUT2D eigenvalue weighted by Gasteiger charge is -2.33. The van der Waals surface area contributed by atoms with E-state index < -0.39 is 0 Å². The van der Waals surface area contributed by atoms with Gasteiger partial charge in [-0.25, -0.2) is 9.38 Å². The van der Waals surface area contributed by atoms with E-state index in [4.69, 9.17) is 4.99 Å². The third kappa shape index (κ3) is 8.51. The van der Waals surface area contributed by atoms with Gasteiger partial charge < -0.3 is 15.2 Å². The third-order valence-electron chi connectivity index (χ3n) is 5.63. The molecule has 32 heavy (non-hydrogen) atoms. The fraction of sp³-hybridized carbons (Fsp3) is 0.591. The molecule has 0 aliphatic carbocycles. The van der Waals surface area contributed by atoms with Crippen molar-refractivity contribution in [3.63, 3.8) is 0 Å². The van der Waals surface area contributed by atoms with E-state index in [1.165, 1.54) is 12.1 Å². The first kappa shape index (κ1) is 26.8. The van der Waals surface area contributed by atoms with Crippen LogP contribution in [0.15, 0.2) is 29.3 Å². The number of nitrogens with one attached hydrogen (secondary N) is 2. The topological polar surface area (TPSA) is 70.4 Å². The molecule has 0 saturated carbocycles. The first-order valence-corrected chi connectivity index (χ1v) is 12.3. The summed E-state index contributed by atoms with van der Waals surface area (Å²) in [4.78, 5) is 7.20. The average Bonchev–Trinajstić information content (AvgIpc) is 3.10. The van der Waals surface area contributed by atoms with Crippen molar-refractivity contribution >= 4 is 41.7 Å². The van der Waals surface area contributed by atoms with Gasteiger partial charge in [0.15, 0.2) is 11.8 Å². The summed E-state index contributed by atoms with van der Waals surface area (Å²) in [6.07, 6.45) is 5.33. The van der Waals surface area contributed by atoms with Crippen LogP contribution in [-0.4, -0.2) is 63.3 Å². The monoisotopic (exact) mass is 575 g/mol. The Morgan fingerprint density at radius 3 is 2.56 bits per heavy atom. The summed E-state index contributed by atoms with van der Waals surface area (Å²) in [5, 5.41) is 15.4. The molecule has 178 valence electrons. The van der Waals surface area contributed by atoms with Crippen LogP contribution in [0.2, 0.25) is 0 Å². The summed E-state index contributed by atoms with van der Waals surface area (Å²) >= 11 is 1.86. The number of guanidine groups is 1. The maximum atomic E-state index is 13.1. The molecule has 2 aromatic rings. The van der Waals surface area contributed by atoms with Crippen molar-refractivity contribution in [3.05, 3.63) is 47.3 Å². The predicted molar refractivity (Wildman–Crippen MR) is 141 cm³/mol. The Labute approximate surface area is 212 Å². The number of thioether (sulfide) groups is 1. The number of hydrogen-bond acceptors (Lipinski definition) is 5. The predicted octanol–water partition coefficient (Wildman–Crippen LogP) is 3.33. The first-order valence-electron chi connectivity index (χ1n) is 10.9. The standard InChI is InChI=1S/C22H34FN7S.HI/c1-17-27-28-21(29(17)2)15-25-22(24-11-4-14-31-3)26-20-9-12-30(13-10-20)16-18-5-7-19(23)8-6-18;/h5-8,20H,4,9-16H2,1-3H3,(H2,24,25,26);1H. The molecular formula is C22H35FIN7S. The number of benzene rings is 1. The number of halogens is 2. The van der Waals surface area contributed by atoms with Gasteiger partial charge in [0.1, 0.15) is 18.2 Å². The van der Waals surface area contributed by atoms with Gasteiger partial charge in [0, 0.05) is 39.3 Å². The molecular weight excluding hydrogens is 540 g/mol. The summed E-state index contributed by atoms with van der Waals surface area (Å²) in [6, 6.07) is 7.20. The van der Waals surface area contributed by atoms with E-state index >= 15 is 0 Å².